The van der Waals surface area contributed by atoms with Crippen molar-refractivity contribution in [1.29, 1.82) is 0 Å². The highest BCUT2D eigenvalue weighted by Gasteiger charge is 2.26. The van der Waals surface area contributed by atoms with E-state index in [1.54, 1.807) is 45.0 Å². The highest BCUT2D eigenvalue weighted by Crippen LogP contribution is 2.15. The first-order valence-corrected chi connectivity index (χ1v) is 9.55. The minimum absolute atomic E-state index is 0.0581. The second-order valence-electron chi connectivity index (χ2n) is 7.56. The normalized spacial score (nSPS) is 12.0. The Morgan fingerprint density at radius 2 is 1.63 bits per heavy atom. The van der Waals surface area contributed by atoms with Crippen LogP contribution in [-0.4, -0.2) is 28.6 Å². The zero-order valence-corrected chi connectivity index (χ0v) is 17.6. The maximum Gasteiger partial charge on any atom is 0.408 e. The third-order valence-electron chi connectivity index (χ3n) is 3.86. The lowest BCUT2D eigenvalue weighted by Crippen LogP contribution is -2.45. The lowest BCUT2D eigenvalue weighted by molar-refractivity contribution is -0.384. The van der Waals surface area contributed by atoms with Gasteiger partial charge in [0, 0.05) is 23.6 Å². The van der Waals surface area contributed by atoms with E-state index in [0.717, 1.165) is 5.56 Å². The number of ether oxygens (including phenoxy) is 2. The molecule has 30 heavy (non-hydrogen) atoms. The van der Waals surface area contributed by atoms with Crippen molar-refractivity contribution in [2.45, 2.75) is 45.4 Å². The first kappa shape index (κ1) is 23.2. The fourth-order valence-electron chi connectivity index (χ4n) is 2.47. The molecule has 2 rings (SSSR count). The van der Waals surface area contributed by atoms with Gasteiger partial charge in [-0.15, -0.1) is 0 Å². The number of amides is 1. The van der Waals surface area contributed by atoms with E-state index in [1.807, 2.05) is 0 Å². The van der Waals surface area contributed by atoms with Gasteiger partial charge >= 0.3 is 12.1 Å². The van der Waals surface area contributed by atoms with Crippen LogP contribution in [0.3, 0.4) is 0 Å². The molecule has 0 unspecified atom stereocenters. The summed E-state index contributed by atoms with van der Waals surface area (Å²) >= 11 is 5.89. The number of halogens is 1. The topological polar surface area (TPSA) is 108 Å². The summed E-state index contributed by atoms with van der Waals surface area (Å²) in [5.74, 6) is -0.658. The number of alkyl carbamates (subject to hydrolysis) is 1. The van der Waals surface area contributed by atoms with E-state index in [1.165, 1.54) is 24.3 Å². The predicted octanol–water partition coefficient (Wildman–Crippen LogP) is 4.43. The molecule has 0 aliphatic heterocycles. The average molecular weight is 435 g/mol. The molecule has 1 atom stereocenters. The second-order valence-corrected chi connectivity index (χ2v) is 8.00. The quantitative estimate of drug-likeness (QED) is 0.392. The number of non-ortho nitro benzene ring substituents is 1. The van der Waals surface area contributed by atoms with Gasteiger partial charge in [0.2, 0.25) is 0 Å². The molecule has 9 heteroatoms. The molecule has 0 spiro atoms. The molecule has 160 valence electrons. The van der Waals surface area contributed by atoms with Crippen LogP contribution >= 0.6 is 11.6 Å². The SMILES string of the molecule is CC(C)(C)OC(=O)N[C@H](Cc1ccc(Cl)cc1)C(=O)OCc1ccc([N+](=O)[O-])cc1. The summed E-state index contributed by atoms with van der Waals surface area (Å²) in [5.41, 5.74) is 0.568. The fourth-order valence-corrected chi connectivity index (χ4v) is 2.59. The second kappa shape index (κ2) is 10.1. The van der Waals surface area contributed by atoms with Gasteiger partial charge in [-0.2, -0.15) is 0 Å². The predicted molar refractivity (Wildman–Crippen MR) is 111 cm³/mol. The zero-order valence-electron chi connectivity index (χ0n) is 16.9. The monoisotopic (exact) mass is 434 g/mol. The highest BCUT2D eigenvalue weighted by atomic mass is 35.5. The lowest BCUT2D eigenvalue weighted by Gasteiger charge is -2.23. The summed E-state index contributed by atoms with van der Waals surface area (Å²) in [4.78, 5) is 35.0. The van der Waals surface area contributed by atoms with Crippen LogP contribution in [0.4, 0.5) is 10.5 Å². The van der Waals surface area contributed by atoms with Crippen molar-refractivity contribution >= 4 is 29.4 Å². The number of hydrogen-bond donors (Lipinski definition) is 1. The molecule has 0 saturated carbocycles. The van der Waals surface area contributed by atoms with Gasteiger partial charge in [0.05, 0.1) is 4.92 Å². The smallest absolute Gasteiger partial charge is 0.408 e. The summed E-state index contributed by atoms with van der Waals surface area (Å²) < 4.78 is 10.5. The van der Waals surface area contributed by atoms with Crippen LogP contribution in [0.5, 0.6) is 0 Å². The summed E-state index contributed by atoms with van der Waals surface area (Å²) in [6.45, 7) is 5.05. The number of esters is 1. The standard InChI is InChI=1S/C21H23ClN2O6/c1-21(2,3)30-20(26)23-18(12-14-4-8-16(22)9-5-14)19(25)29-13-15-6-10-17(11-7-15)24(27)28/h4-11,18H,12-13H2,1-3H3,(H,23,26)/t18-/m1/s1. The Labute approximate surface area is 179 Å². The number of nitrogens with zero attached hydrogens (tertiary/aromatic N) is 1. The van der Waals surface area contributed by atoms with Crippen LogP contribution in [0.25, 0.3) is 0 Å². The average Bonchev–Trinajstić information content (AvgIpc) is 2.66. The van der Waals surface area contributed by atoms with E-state index in [2.05, 4.69) is 5.32 Å². The van der Waals surface area contributed by atoms with Crippen molar-refractivity contribution in [3.63, 3.8) is 0 Å². The maximum absolute atomic E-state index is 12.6. The van der Waals surface area contributed by atoms with Gasteiger partial charge in [-0.25, -0.2) is 9.59 Å². The van der Waals surface area contributed by atoms with Crippen molar-refractivity contribution in [3.8, 4) is 0 Å². The van der Waals surface area contributed by atoms with E-state index in [-0.39, 0.29) is 18.7 Å². The Morgan fingerprint density at radius 1 is 1.07 bits per heavy atom. The van der Waals surface area contributed by atoms with Crippen LogP contribution < -0.4 is 5.32 Å². The summed E-state index contributed by atoms with van der Waals surface area (Å²) in [5, 5.41) is 13.8. The van der Waals surface area contributed by atoms with Crippen LogP contribution in [0.2, 0.25) is 5.02 Å². The Bertz CT molecular complexity index is 891. The van der Waals surface area contributed by atoms with Gasteiger partial charge in [0.1, 0.15) is 18.2 Å². The number of hydrogen-bond acceptors (Lipinski definition) is 6. The third-order valence-corrected chi connectivity index (χ3v) is 4.11. The third kappa shape index (κ3) is 7.71. The summed E-state index contributed by atoms with van der Waals surface area (Å²) in [6, 6.07) is 11.5. The van der Waals surface area contributed by atoms with Gasteiger partial charge in [0.25, 0.3) is 5.69 Å². The molecule has 0 aliphatic rings. The minimum atomic E-state index is -0.987. The van der Waals surface area contributed by atoms with Crippen molar-refractivity contribution in [2.75, 3.05) is 0 Å². The summed E-state index contributed by atoms with van der Waals surface area (Å²) in [6.07, 6.45) is -0.566. The number of nitro benzene ring substituents is 1. The van der Waals surface area contributed by atoms with Crippen LogP contribution in [0, 0.1) is 10.1 Å². The fraction of sp³-hybridized carbons (Fsp3) is 0.333. The Kier molecular flexibility index (Phi) is 7.77. The molecule has 1 N–H and O–H groups in total. The van der Waals surface area contributed by atoms with E-state index in [4.69, 9.17) is 21.1 Å². The Morgan fingerprint density at radius 3 is 2.17 bits per heavy atom. The first-order chi connectivity index (χ1) is 14.0. The van der Waals surface area contributed by atoms with Crippen LogP contribution in [-0.2, 0) is 27.3 Å². The lowest BCUT2D eigenvalue weighted by atomic mass is 10.1. The van der Waals surface area contributed by atoms with Gasteiger partial charge < -0.3 is 14.8 Å². The van der Waals surface area contributed by atoms with Crippen LogP contribution in [0.1, 0.15) is 31.9 Å². The Hall–Kier alpha value is -3.13. The summed E-state index contributed by atoms with van der Waals surface area (Å²) in [7, 11) is 0. The van der Waals surface area contributed by atoms with Gasteiger partial charge in [0.15, 0.2) is 0 Å². The van der Waals surface area contributed by atoms with Gasteiger partial charge in [-0.3, -0.25) is 10.1 Å². The molecule has 0 radical (unpaired) electrons. The molecule has 0 bridgehead atoms. The molecular formula is C21H23ClN2O6. The van der Waals surface area contributed by atoms with Crippen LogP contribution in [0.15, 0.2) is 48.5 Å². The number of benzene rings is 2. The number of carbonyl (C=O) groups excluding carboxylic acids is 2. The molecule has 1 amide bonds. The Balaban J connectivity index is 2.07. The molecule has 0 aliphatic carbocycles. The molecule has 0 aromatic heterocycles. The molecule has 8 nitrogen and oxygen atoms in total. The molecule has 2 aromatic rings. The van der Waals surface area contributed by atoms with E-state index in [0.29, 0.717) is 10.6 Å². The minimum Gasteiger partial charge on any atom is -0.459 e. The number of rotatable bonds is 7. The molecule has 0 fully saturated rings. The van der Waals surface area contributed by atoms with Gasteiger partial charge in [-0.1, -0.05) is 23.7 Å². The van der Waals surface area contributed by atoms with Crippen molar-refractivity contribution in [3.05, 3.63) is 74.8 Å². The molecular weight excluding hydrogens is 412 g/mol. The number of carbonyl (C=O) groups is 2. The number of nitro groups is 1. The molecule has 2 aromatic carbocycles. The van der Waals surface area contributed by atoms with E-state index >= 15 is 0 Å². The molecule has 0 heterocycles. The first-order valence-electron chi connectivity index (χ1n) is 9.17. The van der Waals surface area contributed by atoms with Crippen molar-refractivity contribution in [1.82, 2.24) is 5.32 Å². The zero-order chi connectivity index (χ0) is 22.3. The maximum atomic E-state index is 12.6. The number of nitrogens with one attached hydrogen (secondary N) is 1. The molecule has 0 saturated heterocycles. The van der Waals surface area contributed by atoms with Gasteiger partial charge in [-0.05, 0) is 56.2 Å². The van der Waals surface area contributed by atoms with Crippen molar-refractivity contribution < 1.29 is 24.0 Å². The van der Waals surface area contributed by atoms with Crippen molar-refractivity contribution in [2.24, 2.45) is 0 Å². The van der Waals surface area contributed by atoms with E-state index < -0.39 is 28.6 Å². The largest absolute Gasteiger partial charge is 0.459 e. The van der Waals surface area contributed by atoms with E-state index in [9.17, 15) is 19.7 Å². The highest BCUT2D eigenvalue weighted by molar-refractivity contribution is 6.30.